The molecule has 1 aliphatic rings. The van der Waals surface area contributed by atoms with Gasteiger partial charge in [-0.15, -0.1) is 0 Å². The van der Waals surface area contributed by atoms with E-state index in [0.29, 0.717) is 25.7 Å². The van der Waals surface area contributed by atoms with Crippen molar-refractivity contribution >= 4 is 16.7 Å². The van der Waals surface area contributed by atoms with Crippen molar-refractivity contribution in [1.29, 1.82) is 0 Å². The molecule has 1 aromatic heterocycles. The van der Waals surface area contributed by atoms with Crippen LogP contribution in [0.2, 0.25) is 0 Å². The molecule has 3 heteroatoms. The van der Waals surface area contributed by atoms with Crippen molar-refractivity contribution in [3.8, 4) is 0 Å². The number of hydrogen-bond donors (Lipinski definition) is 1. The number of ketones is 1. The molecule has 1 heterocycles. The number of hydrogen-bond acceptors (Lipinski definition) is 3. The van der Waals surface area contributed by atoms with Crippen LogP contribution < -0.4 is 0 Å². The van der Waals surface area contributed by atoms with Crippen LogP contribution in [0.4, 0.5) is 0 Å². The molecule has 0 amide bonds. The van der Waals surface area contributed by atoms with Crippen molar-refractivity contribution in [1.82, 2.24) is 4.98 Å². The van der Waals surface area contributed by atoms with Gasteiger partial charge in [0.25, 0.3) is 0 Å². The Morgan fingerprint density at radius 3 is 2.67 bits per heavy atom. The van der Waals surface area contributed by atoms with E-state index in [-0.39, 0.29) is 5.78 Å². The molecule has 1 aromatic carbocycles. The van der Waals surface area contributed by atoms with Crippen LogP contribution in [-0.2, 0) is 10.4 Å². The number of carbonyl (C=O) groups is 1. The van der Waals surface area contributed by atoms with Gasteiger partial charge in [0.1, 0.15) is 5.78 Å². The Labute approximate surface area is 105 Å². The Morgan fingerprint density at radius 1 is 1.17 bits per heavy atom. The average molecular weight is 241 g/mol. The molecule has 1 aliphatic carbocycles. The molecule has 3 rings (SSSR count). The van der Waals surface area contributed by atoms with Crippen LogP contribution in [0, 0.1) is 0 Å². The Morgan fingerprint density at radius 2 is 1.89 bits per heavy atom. The molecule has 0 radical (unpaired) electrons. The van der Waals surface area contributed by atoms with Gasteiger partial charge in [0.2, 0.25) is 0 Å². The first-order valence-corrected chi connectivity index (χ1v) is 6.27. The summed E-state index contributed by atoms with van der Waals surface area (Å²) in [5.41, 5.74) is 0.871. The highest BCUT2D eigenvalue weighted by Crippen LogP contribution is 2.36. The Kier molecular flexibility index (Phi) is 2.63. The molecule has 0 bridgehead atoms. The van der Waals surface area contributed by atoms with Gasteiger partial charge in [0.15, 0.2) is 0 Å². The maximum absolute atomic E-state index is 11.3. The molecule has 0 unspecified atom stereocenters. The zero-order valence-electron chi connectivity index (χ0n) is 10.1. The average Bonchev–Trinajstić information content (AvgIpc) is 2.42. The van der Waals surface area contributed by atoms with E-state index in [0.717, 1.165) is 16.5 Å². The lowest BCUT2D eigenvalue weighted by molar-refractivity contribution is -0.125. The van der Waals surface area contributed by atoms with Crippen LogP contribution in [-0.4, -0.2) is 15.9 Å². The highest BCUT2D eigenvalue weighted by atomic mass is 16.3. The van der Waals surface area contributed by atoms with E-state index >= 15 is 0 Å². The normalized spacial score (nSPS) is 19.1. The van der Waals surface area contributed by atoms with Gasteiger partial charge >= 0.3 is 0 Å². The molecule has 0 spiro atoms. The van der Waals surface area contributed by atoms with Gasteiger partial charge in [-0.1, -0.05) is 18.2 Å². The van der Waals surface area contributed by atoms with Gasteiger partial charge in [-0.3, -0.25) is 9.78 Å². The summed E-state index contributed by atoms with van der Waals surface area (Å²) in [4.78, 5) is 15.6. The topological polar surface area (TPSA) is 50.2 Å². The largest absolute Gasteiger partial charge is 0.385 e. The van der Waals surface area contributed by atoms with E-state index in [9.17, 15) is 9.90 Å². The standard InChI is InChI=1S/C15H15NO2/c17-13-5-7-15(18,8-6-13)12-9-11-3-1-2-4-14(11)16-10-12/h1-4,9-10,18H,5-8H2. The van der Waals surface area contributed by atoms with E-state index < -0.39 is 5.60 Å². The fraction of sp³-hybridized carbons (Fsp3) is 0.333. The second kappa shape index (κ2) is 4.18. The molecule has 1 fully saturated rings. The number of nitrogens with zero attached hydrogens (tertiary/aromatic N) is 1. The molecule has 3 nitrogen and oxygen atoms in total. The van der Waals surface area contributed by atoms with Gasteiger partial charge in [0.05, 0.1) is 11.1 Å². The third-order valence-corrected chi connectivity index (χ3v) is 3.76. The van der Waals surface area contributed by atoms with Gasteiger partial charge in [0, 0.05) is 30.0 Å². The van der Waals surface area contributed by atoms with Crippen LogP contribution in [0.15, 0.2) is 36.5 Å². The number of Topliss-reactive ketones (excluding diaryl/α,β-unsaturated/α-hetero) is 1. The van der Waals surface area contributed by atoms with Crippen molar-refractivity contribution in [2.24, 2.45) is 0 Å². The smallest absolute Gasteiger partial charge is 0.133 e. The lowest BCUT2D eigenvalue weighted by Gasteiger charge is -2.31. The van der Waals surface area contributed by atoms with Gasteiger partial charge in [-0.05, 0) is 25.0 Å². The Bertz CT molecular complexity index is 596. The van der Waals surface area contributed by atoms with Crippen LogP contribution in [0.25, 0.3) is 10.9 Å². The maximum atomic E-state index is 11.3. The minimum absolute atomic E-state index is 0.244. The fourth-order valence-electron chi connectivity index (χ4n) is 2.56. The van der Waals surface area contributed by atoms with Crippen molar-refractivity contribution in [2.75, 3.05) is 0 Å². The zero-order valence-corrected chi connectivity index (χ0v) is 10.1. The zero-order chi connectivity index (χ0) is 12.6. The molecule has 0 aliphatic heterocycles. The van der Waals surface area contributed by atoms with Crippen LogP contribution >= 0.6 is 0 Å². The minimum Gasteiger partial charge on any atom is -0.385 e. The van der Waals surface area contributed by atoms with Crippen LogP contribution in [0.1, 0.15) is 31.2 Å². The van der Waals surface area contributed by atoms with Crippen molar-refractivity contribution in [3.05, 3.63) is 42.1 Å². The number of fused-ring (bicyclic) bond motifs is 1. The van der Waals surface area contributed by atoms with Crippen LogP contribution in [0.5, 0.6) is 0 Å². The summed E-state index contributed by atoms with van der Waals surface area (Å²) in [5.74, 6) is 0.244. The molecular weight excluding hydrogens is 226 g/mol. The summed E-state index contributed by atoms with van der Waals surface area (Å²) in [7, 11) is 0. The van der Waals surface area contributed by atoms with E-state index in [1.807, 2.05) is 30.3 Å². The number of aliphatic hydroxyl groups is 1. The second-order valence-electron chi connectivity index (χ2n) is 4.99. The summed E-state index contributed by atoms with van der Waals surface area (Å²) in [5, 5.41) is 11.7. The van der Waals surface area contributed by atoms with Crippen molar-refractivity contribution in [2.45, 2.75) is 31.3 Å². The second-order valence-corrected chi connectivity index (χ2v) is 4.99. The van der Waals surface area contributed by atoms with Crippen molar-refractivity contribution < 1.29 is 9.90 Å². The molecule has 92 valence electrons. The highest BCUT2D eigenvalue weighted by molar-refractivity contribution is 5.80. The van der Waals surface area contributed by atoms with E-state index in [4.69, 9.17) is 0 Å². The molecule has 1 N–H and O–H groups in total. The van der Waals surface area contributed by atoms with Crippen molar-refractivity contribution in [3.63, 3.8) is 0 Å². The number of para-hydroxylation sites is 1. The predicted octanol–water partition coefficient (Wildman–Crippen LogP) is 2.57. The third-order valence-electron chi connectivity index (χ3n) is 3.76. The third kappa shape index (κ3) is 1.91. The first kappa shape index (κ1) is 11.4. The first-order chi connectivity index (χ1) is 8.67. The monoisotopic (exact) mass is 241 g/mol. The van der Waals surface area contributed by atoms with Gasteiger partial charge < -0.3 is 5.11 Å². The molecule has 0 atom stereocenters. The number of rotatable bonds is 1. The van der Waals surface area contributed by atoms with Gasteiger partial charge in [-0.2, -0.15) is 0 Å². The lowest BCUT2D eigenvalue weighted by Crippen LogP contribution is -2.31. The van der Waals surface area contributed by atoms with E-state index in [1.54, 1.807) is 6.20 Å². The fourth-order valence-corrected chi connectivity index (χ4v) is 2.56. The minimum atomic E-state index is -0.884. The predicted molar refractivity (Wildman–Crippen MR) is 69.1 cm³/mol. The van der Waals surface area contributed by atoms with Gasteiger partial charge in [-0.25, -0.2) is 0 Å². The molecular formula is C15H15NO2. The number of carbonyl (C=O) groups excluding carboxylic acids is 1. The van der Waals surface area contributed by atoms with E-state index in [2.05, 4.69) is 4.98 Å². The van der Waals surface area contributed by atoms with E-state index in [1.165, 1.54) is 0 Å². The van der Waals surface area contributed by atoms with Crippen LogP contribution in [0.3, 0.4) is 0 Å². The summed E-state index contributed by atoms with van der Waals surface area (Å²) >= 11 is 0. The maximum Gasteiger partial charge on any atom is 0.133 e. The SMILES string of the molecule is O=C1CCC(O)(c2cnc3ccccc3c2)CC1. The summed E-state index contributed by atoms with van der Waals surface area (Å²) in [6, 6.07) is 9.83. The number of benzene rings is 1. The first-order valence-electron chi connectivity index (χ1n) is 6.27. The summed E-state index contributed by atoms with van der Waals surface area (Å²) in [6.07, 6.45) is 3.67. The summed E-state index contributed by atoms with van der Waals surface area (Å²) in [6.45, 7) is 0. The molecule has 1 saturated carbocycles. The number of aromatic nitrogens is 1. The quantitative estimate of drug-likeness (QED) is 0.834. The number of pyridine rings is 1. The Hall–Kier alpha value is -1.74. The summed E-state index contributed by atoms with van der Waals surface area (Å²) < 4.78 is 0. The molecule has 0 saturated heterocycles. The Balaban J connectivity index is 2.01. The lowest BCUT2D eigenvalue weighted by atomic mass is 9.79. The molecule has 2 aromatic rings. The molecule has 18 heavy (non-hydrogen) atoms. The highest BCUT2D eigenvalue weighted by Gasteiger charge is 2.34.